The van der Waals surface area contributed by atoms with Crippen LogP contribution in [0, 0.1) is 5.41 Å². The lowest BCUT2D eigenvalue weighted by molar-refractivity contribution is 0.544. The number of allylic oxidation sites excluding steroid dienone is 15. The third-order valence-corrected chi connectivity index (χ3v) is 10.0. The van der Waals surface area contributed by atoms with Gasteiger partial charge in [-0.05, 0) is 67.7 Å². The monoisotopic (exact) mass is 768 g/mol. The molecule has 3 aromatic carbocycles. The van der Waals surface area contributed by atoms with Crippen LogP contribution in [0.5, 0.6) is 0 Å². The number of rotatable bonds is 12. The highest BCUT2D eigenvalue weighted by molar-refractivity contribution is 6.36. The Labute approximate surface area is 345 Å². The van der Waals surface area contributed by atoms with Gasteiger partial charge in [0.05, 0.1) is 17.0 Å². The predicted octanol–water partition coefficient (Wildman–Crippen LogP) is 15.3. The number of fused-ring (bicyclic) bond motifs is 5. The van der Waals surface area contributed by atoms with Crippen LogP contribution in [0.25, 0.3) is 80.0 Å². The highest BCUT2D eigenvalue weighted by atomic mass is 16.3. The van der Waals surface area contributed by atoms with E-state index in [9.17, 15) is 5.41 Å². The zero-order valence-electron chi connectivity index (χ0n) is 33.3. The van der Waals surface area contributed by atoms with Crippen LogP contribution in [0.4, 0.5) is 0 Å². The second-order valence-corrected chi connectivity index (χ2v) is 13.5. The van der Waals surface area contributed by atoms with Crippen molar-refractivity contribution in [3.63, 3.8) is 0 Å². The van der Waals surface area contributed by atoms with Crippen molar-refractivity contribution < 1.29 is 13.3 Å². The van der Waals surface area contributed by atoms with Gasteiger partial charge in [0.25, 0.3) is 0 Å². The quantitative estimate of drug-likeness (QED) is 0.0995. The van der Waals surface area contributed by atoms with Crippen LogP contribution < -0.4 is 0 Å². The van der Waals surface area contributed by atoms with Gasteiger partial charge in [-0.1, -0.05) is 160 Å². The molecule has 59 heavy (non-hydrogen) atoms. The van der Waals surface area contributed by atoms with E-state index in [0.29, 0.717) is 50.9 Å². The first-order chi connectivity index (χ1) is 28.9. The van der Waals surface area contributed by atoms with Crippen molar-refractivity contribution in [1.82, 2.24) is 0 Å². The summed E-state index contributed by atoms with van der Waals surface area (Å²) in [6, 6.07) is 20.2. The molecule has 3 heterocycles. The zero-order valence-corrected chi connectivity index (χ0v) is 33.3. The molecule has 3 aromatic heterocycles. The average molecular weight is 769 g/mol. The summed E-state index contributed by atoms with van der Waals surface area (Å²) < 4.78 is 20.2. The Hall–Kier alpha value is -7.76. The highest BCUT2D eigenvalue weighted by Crippen LogP contribution is 2.43. The Bertz CT molecular complexity index is 3000. The SMILES string of the molecule is C=C/C=C(C=C)/C(=C/C(=N)/C1=C(c2cccc3c2oc2ccccc23)/C=C(c2cccc3c(/C=C\C)c(C=C)oc23)\C=C\C=C\C=C/c2c1oc(C=C)c2/C=C\C)N=C. The summed E-state index contributed by atoms with van der Waals surface area (Å²) in [5.41, 5.74) is 9.36. The summed E-state index contributed by atoms with van der Waals surface area (Å²) in [7, 11) is 0. The molecule has 0 bridgehead atoms. The maximum absolute atomic E-state index is 10.1. The first kappa shape index (κ1) is 39.5. The summed E-state index contributed by atoms with van der Waals surface area (Å²) in [6.07, 6.45) is 32.2. The van der Waals surface area contributed by atoms with E-state index in [4.69, 9.17) is 13.3 Å². The molecule has 288 valence electrons. The summed E-state index contributed by atoms with van der Waals surface area (Å²) in [5, 5.41) is 13.0. The van der Waals surface area contributed by atoms with Gasteiger partial charge in [-0.25, -0.2) is 0 Å². The van der Waals surface area contributed by atoms with E-state index in [0.717, 1.165) is 55.1 Å². The van der Waals surface area contributed by atoms with Crippen molar-refractivity contribution in [2.75, 3.05) is 0 Å². The van der Waals surface area contributed by atoms with Crippen LogP contribution in [0.2, 0.25) is 0 Å². The summed E-state index contributed by atoms with van der Waals surface area (Å²) >= 11 is 0. The molecule has 1 aliphatic carbocycles. The molecule has 1 N–H and O–H groups in total. The molecule has 0 atom stereocenters. The molecule has 6 aromatic rings. The molecule has 0 amide bonds. The van der Waals surface area contributed by atoms with Gasteiger partial charge in [0, 0.05) is 44.0 Å². The second kappa shape index (κ2) is 17.6. The molecule has 5 nitrogen and oxygen atoms in total. The molecule has 5 heteroatoms. The lowest BCUT2D eigenvalue weighted by Gasteiger charge is -2.16. The van der Waals surface area contributed by atoms with Gasteiger partial charge < -0.3 is 18.7 Å². The fraction of sp³-hybridized carbons (Fsp3) is 0.0370. The molecule has 0 radical (unpaired) electrons. The van der Waals surface area contributed by atoms with Crippen LogP contribution in [0.15, 0.2) is 189 Å². The summed E-state index contributed by atoms with van der Waals surface area (Å²) in [5.74, 6) is 1.69. The lowest BCUT2D eigenvalue weighted by atomic mass is 9.88. The highest BCUT2D eigenvalue weighted by Gasteiger charge is 2.27. The molecule has 0 spiro atoms. The largest absolute Gasteiger partial charge is 0.455 e. The van der Waals surface area contributed by atoms with Crippen molar-refractivity contribution in [2.24, 2.45) is 4.99 Å². The van der Waals surface area contributed by atoms with Gasteiger partial charge in [-0.3, -0.25) is 4.99 Å². The van der Waals surface area contributed by atoms with Gasteiger partial charge in [0.1, 0.15) is 34.0 Å². The van der Waals surface area contributed by atoms with Gasteiger partial charge in [0.15, 0.2) is 0 Å². The molecule has 0 aliphatic heterocycles. The number of benzene rings is 3. The van der Waals surface area contributed by atoms with E-state index in [2.05, 4.69) is 62.3 Å². The Balaban J connectivity index is 1.72. The van der Waals surface area contributed by atoms with E-state index in [1.54, 1.807) is 36.5 Å². The van der Waals surface area contributed by atoms with Crippen molar-refractivity contribution in [1.29, 1.82) is 5.41 Å². The predicted molar refractivity (Wildman–Crippen MR) is 254 cm³/mol. The molecule has 0 unspecified atom stereocenters. The molecule has 0 fully saturated rings. The molecular weight excluding hydrogens is 725 g/mol. The maximum atomic E-state index is 10.1. The Kier molecular flexibility index (Phi) is 11.8. The molecule has 0 saturated heterocycles. The van der Waals surface area contributed by atoms with Crippen molar-refractivity contribution >= 4 is 92.4 Å². The summed E-state index contributed by atoms with van der Waals surface area (Å²) in [4.78, 5) is 4.35. The first-order valence-electron chi connectivity index (χ1n) is 19.2. The minimum absolute atomic E-state index is 0.103. The molecule has 7 rings (SSSR count). The van der Waals surface area contributed by atoms with Crippen LogP contribution in [0.3, 0.4) is 0 Å². The standard InChI is InChI=1S/C54H44N2O3/c1-8-22-35(11-4)47(56-7)34-46(55)51-45(44-31-21-30-42-40-26-18-19-32-50(40)59-53(42)44)33-36(37-28-20-29-41-38(23-9-2)48(12-5)57-52(37)41)25-16-14-15-17-27-43-39(24-10-3)49(13-6)58-54(43)51/h8-34,55H,1,4-7H2,2-3H3/b15-14+,16-14?,17-15?,23-9-,24-10-,25-16+,27-17-,35-22+,36-25?,36-33+,43-27?,45-33?,47-34-,51-45+,54-51?,55-46?. The van der Waals surface area contributed by atoms with Crippen LogP contribution in [-0.2, 0) is 0 Å². The number of aliphatic imine (C=N–C) groups is 1. The summed E-state index contributed by atoms with van der Waals surface area (Å²) in [6.45, 7) is 23.9. The number of furan rings is 3. The lowest BCUT2D eigenvalue weighted by Crippen LogP contribution is -2.04. The zero-order chi connectivity index (χ0) is 41.5. The second-order valence-electron chi connectivity index (χ2n) is 13.5. The van der Waals surface area contributed by atoms with Crippen LogP contribution in [-0.4, -0.2) is 12.4 Å². The van der Waals surface area contributed by atoms with Gasteiger partial charge in [0.2, 0.25) is 0 Å². The Morgan fingerprint density at radius 1 is 0.695 bits per heavy atom. The fourth-order valence-corrected chi connectivity index (χ4v) is 7.45. The minimum Gasteiger partial charge on any atom is -0.455 e. The van der Waals surface area contributed by atoms with Crippen molar-refractivity contribution in [3.8, 4) is 0 Å². The van der Waals surface area contributed by atoms with Crippen molar-refractivity contribution in [3.05, 3.63) is 216 Å². The fourth-order valence-electron chi connectivity index (χ4n) is 7.45. The minimum atomic E-state index is 0.103. The average Bonchev–Trinajstić information content (AvgIpc) is 3.93. The van der Waals surface area contributed by atoms with Gasteiger partial charge >= 0.3 is 0 Å². The van der Waals surface area contributed by atoms with E-state index < -0.39 is 0 Å². The van der Waals surface area contributed by atoms with E-state index >= 15 is 0 Å². The first-order valence-corrected chi connectivity index (χ1v) is 19.2. The van der Waals surface area contributed by atoms with Gasteiger partial charge in [-0.2, -0.15) is 0 Å². The number of hydrogen-bond donors (Lipinski definition) is 1. The van der Waals surface area contributed by atoms with E-state index in [1.165, 1.54) is 0 Å². The van der Waals surface area contributed by atoms with Crippen LogP contribution >= 0.6 is 0 Å². The van der Waals surface area contributed by atoms with Gasteiger partial charge in [-0.15, -0.1) is 0 Å². The van der Waals surface area contributed by atoms with E-state index in [1.807, 2.05) is 117 Å². The van der Waals surface area contributed by atoms with Crippen molar-refractivity contribution in [2.45, 2.75) is 13.8 Å². The van der Waals surface area contributed by atoms with Crippen LogP contribution in [0.1, 0.15) is 58.9 Å². The topological polar surface area (TPSA) is 75.6 Å². The Morgan fingerprint density at radius 3 is 2.07 bits per heavy atom. The molecule has 1 aliphatic rings. The molecule has 0 saturated carbocycles. The number of nitrogens with zero attached hydrogens (tertiary/aromatic N) is 1. The van der Waals surface area contributed by atoms with E-state index in [-0.39, 0.29) is 5.71 Å². The molecular formula is C54H44N2O3. The third kappa shape index (κ3) is 7.45. The third-order valence-electron chi connectivity index (χ3n) is 10.0. The number of para-hydroxylation sites is 3. The smallest absolute Gasteiger partial charge is 0.145 e. The number of hydrogen-bond acceptors (Lipinski definition) is 5. The normalized spacial score (nSPS) is 17.6. The Morgan fingerprint density at radius 2 is 1.36 bits per heavy atom. The maximum Gasteiger partial charge on any atom is 0.145 e. The number of nitrogens with one attached hydrogen (secondary N) is 1.